The topological polar surface area (TPSA) is 68.0 Å². The average molecular weight is 356 g/mol. The number of hydrogen-bond donors (Lipinski definition) is 1. The maximum atomic E-state index is 12.9. The van der Waals surface area contributed by atoms with Gasteiger partial charge in [-0.05, 0) is 31.7 Å². The highest BCUT2D eigenvalue weighted by atomic mass is 16.1. The second-order valence-electron chi connectivity index (χ2n) is 7.85. The van der Waals surface area contributed by atoms with Gasteiger partial charge in [-0.25, -0.2) is 4.98 Å². The highest BCUT2D eigenvalue weighted by molar-refractivity contribution is 5.84. The van der Waals surface area contributed by atoms with Crippen LogP contribution in [-0.2, 0) is 32.0 Å². The zero-order valence-corrected chi connectivity index (χ0v) is 15.9. The standard InChI is InChI=1S/C19H28N6O/c1-13-7-15(24(3)22-13)9-25-10-16(18-17(11-25)21-12-23(18)2)19(26)20-8-14-5-4-6-14/h7,12,14,16H,4-6,8-11H2,1-3H3,(H,20,26)/t16-/m0/s1. The Bertz CT molecular complexity index is 803. The summed E-state index contributed by atoms with van der Waals surface area (Å²) < 4.78 is 3.93. The van der Waals surface area contributed by atoms with E-state index in [1.165, 1.54) is 19.3 Å². The van der Waals surface area contributed by atoms with E-state index in [0.29, 0.717) is 12.5 Å². The first kappa shape index (κ1) is 17.3. The van der Waals surface area contributed by atoms with Crippen LogP contribution in [0, 0.1) is 12.8 Å². The van der Waals surface area contributed by atoms with Crippen LogP contribution in [0.5, 0.6) is 0 Å². The Morgan fingerprint density at radius 1 is 1.35 bits per heavy atom. The smallest absolute Gasteiger partial charge is 0.230 e. The lowest BCUT2D eigenvalue weighted by atomic mass is 9.85. The average Bonchev–Trinajstić information content (AvgIpc) is 3.07. The van der Waals surface area contributed by atoms with Gasteiger partial charge in [0.25, 0.3) is 0 Å². The Morgan fingerprint density at radius 2 is 2.15 bits per heavy atom. The van der Waals surface area contributed by atoms with E-state index in [9.17, 15) is 4.79 Å². The molecule has 1 aliphatic carbocycles. The first-order valence-electron chi connectivity index (χ1n) is 9.51. The maximum Gasteiger partial charge on any atom is 0.230 e. The largest absolute Gasteiger partial charge is 0.355 e. The highest BCUT2D eigenvalue weighted by Crippen LogP contribution is 2.29. The molecule has 7 heteroatoms. The van der Waals surface area contributed by atoms with Gasteiger partial charge < -0.3 is 9.88 Å². The van der Waals surface area contributed by atoms with Crippen molar-refractivity contribution in [3.8, 4) is 0 Å². The zero-order chi connectivity index (χ0) is 18.3. The molecule has 1 atom stereocenters. The molecule has 3 heterocycles. The molecule has 1 N–H and O–H groups in total. The summed E-state index contributed by atoms with van der Waals surface area (Å²) in [6.45, 7) is 5.08. The maximum absolute atomic E-state index is 12.9. The number of fused-ring (bicyclic) bond motifs is 1. The second kappa shape index (κ2) is 6.87. The van der Waals surface area contributed by atoms with Crippen molar-refractivity contribution in [1.82, 2.24) is 29.5 Å². The Labute approximate surface area is 154 Å². The minimum atomic E-state index is -0.166. The molecule has 140 valence electrons. The molecule has 1 fully saturated rings. The molecule has 0 spiro atoms. The number of amides is 1. The van der Waals surface area contributed by atoms with Gasteiger partial charge in [0.15, 0.2) is 0 Å². The van der Waals surface area contributed by atoms with Crippen LogP contribution in [0.15, 0.2) is 12.4 Å². The van der Waals surface area contributed by atoms with Crippen LogP contribution in [0.3, 0.4) is 0 Å². The van der Waals surface area contributed by atoms with Crippen molar-refractivity contribution in [1.29, 1.82) is 0 Å². The lowest BCUT2D eigenvalue weighted by Gasteiger charge is -2.33. The van der Waals surface area contributed by atoms with Crippen LogP contribution in [0.25, 0.3) is 0 Å². The summed E-state index contributed by atoms with van der Waals surface area (Å²) >= 11 is 0. The summed E-state index contributed by atoms with van der Waals surface area (Å²) in [5.41, 5.74) is 4.26. The van der Waals surface area contributed by atoms with Crippen LogP contribution in [0.4, 0.5) is 0 Å². The number of hydrogen-bond acceptors (Lipinski definition) is 4. The molecule has 0 aromatic carbocycles. The summed E-state index contributed by atoms with van der Waals surface area (Å²) in [6, 6.07) is 2.11. The minimum absolute atomic E-state index is 0.132. The number of nitrogens with zero attached hydrogens (tertiary/aromatic N) is 5. The third-order valence-electron chi connectivity index (χ3n) is 5.80. The Morgan fingerprint density at radius 3 is 2.81 bits per heavy atom. The van der Waals surface area contributed by atoms with Gasteiger partial charge in [-0.15, -0.1) is 0 Å². The molecule has 0 radical (unpaired) electrons. The molecule has 1 aliphatic heterocycles. The lowest BCUT2D eigenvalue weighted by Crippen LogP contribution is -2.43. The third-order valence-corrected chi connectivity index (χ3v) is 5.80. The predicted octanol–water partition coefficient (Wildman–Crippen LogP) is 1.48. The molecular formula is C19H28N6O. The van der Waals surface area contributed by atoms with Gasteiger partial charge in [-0.3, -0.25) is 14.4 Å². The van der Waals surface area contributed by atoms with Crippen LogP contribution in [-0.4, -0.2) is 43.2 Å². The molecule has 1 saturated carbocycles. The third kappa shape index (κ3) is 3.28. The van der Waals surface area contributed by atoms with Gasteiger partial charge in [0, 0.05) is 40.3 Å². The molecule has 4 rings (SSSR count). The van der Waals surface area contributed by atoms with E-state index in [0.717, 1.165) is 42.4 Å². The van der Waals surface area contributed by atoms with E-state index in [-0.39, 0.29) is 11.8 Å². The Hall–Kier alpha value is -2.15. The minimum Gasteiger partial charge on any atom is -0.355 e. The van der Waals surface area contributed by atoms with Gasteiger partial charge in [0.05, 0.1) is 35.0 Å². The Kier molecular flexibility index (Phi) is 4.56. The molecular weight excluding hydrogens is 328 g/mol. The van der Waals surface area contributed by atoms with E-state index in [4.69, 9.17) is 0 Å². The number of aromatic nitrogens is 4. The summed E-state index contributed by atoms with van der Waals surface area (Å²) in [5, 5.41) is 7.62. The number of rotatable bonds is 5. The zero-order valence-electron chi connectivity index (χ0n) is 15.9. The van der Waals surface area contributed by atoms with Crippen LogP contribution < -0.4 is 5.32 Å². The quantitative estimate of drug-likeness (QED) is 0.881. The van der Waals surface area contributed by atoms with Gasteiger partial charge in [0.1, 0.15) is 0 Å². The number of aryl methyl sites for hydroxylation is 3. The van der Waals surface area contributed by atoms with Gasteiger partial charge >= 0.3 is 0 Å². The summed E-state index contributed by atoms with van der Waals surface area (Å²) in [6.07, 6.45) is 5.62. The van der Waals surface area contributed by atoms with Crippen molar-refractivity contribution in [3.63, 3.8) is 0 Å². The summed E-state index contributed by atoms with van der Waals surface area (Å²) in [7, 11) is 3.96. The number of nitrogens with one attached hydrogen (secondary N) is 1. The van der Waals surface area contributed by atoms with Gasteiger partial charge in [-0.1, -0.05) is 6.42 Å². The predicted molar refractivity (Wildman–Crippen MR) is 98.4 cm³/mol. The van der Waals surface area contributed by atoms with E-state index in [1.54, 1.807) is 0 Å². The van der Waals surface area contributed by atoms with Crippen LogP contribution >= 0.6 is 0 Å². The first-order valence-corrected chi connectivity index (χ1v) is 9.51. The fourth-order valence-corrected chi connectivity index (χ4v) is 4.11. The molecule has 0 saturated heterocycles. The molecule has 2 aliphatic rings. The van der Waals surface area contributed by atoms with Crippen LogP contribution in [0.2, 0.25) is 0 Å². The molecule has 0 unspecified atom stereocenters. The van der Waals surface area contributed by atoms with Crippen molar-refractivity contribution in [2.75, 3.05) is 13.1 Å². The van der Waals surface area contributed by atoms with Crippen molar-refractivity contribution >= 4 is 5.91 Å². The molecule has 2 aromatic heterocycles. The van der Waals surface area contributed by atoms with E-state index >= 15 is 0 Å². The van der Waals surface area contributed by atoms with Gasteiger partial charge in [-0.2, -0.15) is 5.10 Å². The number of imidazole rings is 1. The first-order chi connectivity index (χ1) is 12.5. The van der Waals surface area contributed by atoms with Crippen molar-refractivity contribution in [2.24, 2.45) is 20.0 Å². The van der Waals surface area contributed by atoms with E-state index < -0.39 is 0 Å². The van der Waals surface area contributed by atoms with Crippen molar-refractivity contribution in [3.05, 3.63) is 35.2 Å². The molecule has 1 amide bonds. The van der Waals surface area contributed by atoms with E-state index in [1.807, 2.05) is 36.6 Å². The monoisotopic (exact) mass is 356 g/mol. The van der Waals surface area contributed by atoms with Crippen molar-refractivity contribution in [2.45, 2.75) is 45.2 Å². The normalized spacial score (nSPS) is 20.7. The fraction of sp³-hybridized carbons (Fsp3) is 0.632. The van der Waals surface area contributed by atoms with Crippen molar-refractivity contribution < 1.29 is 4.79 Å². The van der Waals surface area contributed by atoms with Gasteiger partial charge in [0.2, 0.25) is 5.91 Å². The number of carbonyl (C=O) groups is 1. The summed E-state index contributed by atoms with van der Waals surface area (Å²) in [4.78, 5) is 19.8. The molecule has 2 aromatic rings. The Balaban J connectivity index is 1.51. The number of carbonyl (C=O) groups excluding carboxylic acids is 1. The second-order valence-corrected chi connectivity index (χ2v) is 7.85. The van der Waals surface area contributed by atoms with E-state index in [2.05, 4.69) is 26.4 Å². The fourth-order valence-electron chi connectivity index (χ4n) is 4.11. The highest BCUT2D eigenvalue weighted by Gasteiger charge is 2.34. The molecule has 0 bridgehead atoms. The molecule has 26 heavy (non-hydrogen) atoms. The SMILES string of the molecule is Cc1cc(CN2Cc3ncn(C)c3[C@@H](C(=O)NCC3CCC3)C2)n(C)n1. The van der Waals surface area contributed by atoms with Crippen LogP contribution in [0.1, 0.15) is 48.0 Å². The lowest BCUT2D eigenvalue weighted by molar-refractivity contribution is -0.123. The molecule has 7 nitrogen and oxygen atoms in total. The summed E-state index contributed by atoms with van der Waals surface area (Å²) in [5.74, 6) is 0.635.